The minimum Gasteiger partial charge on any atom is -0.384 e. The first-order valence-electron chi connectivity index (χ1n) is 12.6. The molecule has 1 amide bonds. The zero-order valence-electron chi connectivity index (χ0n) is 20.1. The van der Waals surface area contributed by atoms with E-state index in [9.17, 15) is 4.79 Å². The molecule has 8 nitrogen and oxygen atoms in total. The molecule has 8 heteroatoms. The number of anilines is 1. The molecule has 3 aliphatic heterocycles. The maximum Gasteiger partial charge on any atom is 0.225 e. The molecule has 5 rings (SSSR count). The van der Waals surface area contributed by atoms with Gasteiger partial charge >= 0.3 is 0 Å². The number of nitrogens with two attached hydrogens (primary N) is 1. The van der Waals surface area contributed by atoms with Crippen LogP contribution in [0.25, 0.3) is 0 Å². The molecule has 0 aliphatic carbocycles. The highest BCUT2D eigenvalue weighted by Crippen LogP contribution is 2.45. The number of pyridine rings is 2. The van der Waals surface area contributed by atoms with Crippen molar-refractivity contribution in [2.45, 2.75) is 44.2 Å². The van der Waals surface area contributed by atoms with Gasteiger partial charge in [0.25, 0.3) is 0 Å². The monoisotopic (exact) mass is 464 g/mol. The predicted octanol–water partition coefficient (Wildman–Crippen LogP) is 2.67. The van der Waals surface area contributed by atoms with Crippen LogP contribution in [0.4, 0.5) is 5.82 Å². The molecule has 0 bridgehead atoms. The molecule has 5 heterocycles. The summed E-state index contributed by atoms with van der Waals surface area (Å²) in [5.41, 5.74) is 7.65. The zero-order chi connectivity index (χ0) is 23.5. The number of nitrogens with zero attached hydrogens (tertiary/aromatic N) is 5. The number of likely N-dealkylation sites (tertiary alicyclic amines) is 2. The molecule has 3 saturated heterocycles. The number of amides is 1. The van der Waals surface area contributed by atoms with E-state index in [1.54, 1.807) is 6.20 Å². The first-order chi connectivity index (χ1) is 16.5. The lowest BCUT2D eigenvalue weighted by Gasteiger charge is -2.42. The second-order valence-electron chi connectivity index (χ2n) is 10.0. The van der Waals surface area contributed by atoms with Gasteiger partial charge in [-0.3, -0.25) is 19.5 Å². The number of carbonyl (C=O) groups is 1. The van der Waals surface area contributed by atoms with E-state index in [1.165, 1.54) is 5.56 Å². The van der Waals surface area contributed by atoms with Crippen LogP contribution < -0.4 is 5.73 Å². The maximum atomic E-state index is 13.3. The number of hydrogen-bond donors (Lipinski definition) is 1. The van der Waals surface area contributed by atoms with Crippen molar-refractivity contribution in [2.75, 3.05) is 45.5 Å². The fraction of sp³-hybridized carbons (Fsp3) is 0.577. The summed E-state index contributed by atoms with van der Waals surface area (Å²) in [6, 6.07) is 10.0. The Morgan fingerprint density at radius 2 is 1.85 bits per heavy atom. The topological polar surface area (TPSA) is 87.8 Å². The van der Waals surface area contributed by atoms with Gasteiger partial charge in [0.1, 0.15) is 11.4 Å². The van der Waals surface area contributed by atoms with E-state index in [4.69, 9.17) is 10.6 Å². The van der Waals surface area contributed by atoms with Crippen molar-refractivity contribution in [1.29, 1.82) is 0 Å². The highest BCUT2D eigenvalue weighted by Gasteiger charge is 2.49. The molecular formula is C26H36N6O2. The predicted molar refractivity (Wildman–Crippen MR) is 130 cm³/mol. The molecule has 2 N–H and O–H groups in total. The highest BCUT2D eigenvalue weighted by molar-refractivity contribution is 5.79. The van der Waals surface area contributed by atoms with Crippen LogP contribution in [0.15, 0.2) is 42.7 Å². The van der Waals surface area contributed by atoms with E-state index < -0.39 is 0 Å². The first-order valence-corrected chi connectivity index (χ1v) is 12.6. The minimum absolute atomic E-state index is 0.133. The largest absolute Gasteiger partial charge is 0.384 e. The molecule has 182 valence electrons. The van der Waals surface area contributed by atoms with Crippen molar-refractivity contribution in [2.24, 2.45) is 11.8 Å². The van der Waals surface area contributed by atoms with Gasteiger partial charge in [0.05, 0.1) is 5.69 Å². The van der Waals surface area contributed by atoms with Crippen LogP contribution in [-0.4, -0.2) is 70.5 Å². The van der Waals surface area contributed by atoms with Crippen molar-refractivity contribution in [3.63, 3.8) is 0 Å². The van der Waals surface area contributed by atoms with Crippen molar-refractivity contribution < 1.29 is 9.63 Å². The Balaban J connectivity index is 1.15. The molecule has 0 radical (unpaired) electrons. The fourth-order valence-corrected chi connectivity index (χ4v) is 5.98. The fourth-order valence-electron chi connectivity index (χ4n) is 5.98. The lowest BCUT2D eigenvalue weighted by atomic mass is 9.76. The average molecular weight is 465 g/mol. The Hall–Kier alpha value is -2.55. The van der Waals surface area contributed by atoms with Crippen LogP contribution in [0, 0.1) is 11.8 Å². The summed E-state index contributed by atoms with van der Waals surface area (Å²) in [6.07, 6.45) is 8.32. The number of carbonyl (C=O) groups excluding carboxylic acids is 1. The van der Waals surface area contributed by atoms with Gasteiger partial charge in [-0.05, 0) is 80.9 Å². The number of piperidine rings is 2. The zero-order valence-corrected chi connectivity index (χ0v) is 20.1. The number of hydroxylamine groups is 2. The molecule has 1 unspecified atom stereocenters. The van der Waals surface area contributed by atoms with Crippen LogP contribution in [0.2, 0.25) is 0 Å². The molecule has 3 aliphatic rings. The van der Waals surface area contributed by atoms with Gasteiger partial charge < -0.3 is 10.6 Å². The maximum absolute atomic E-state index is 13.3. The molecule has 3 fully saturated rings. The van der Waals surface area contributed by atoms with Crippen molar-refractivity contribution in [1.82, 2.24) is 24.8 Å². The van der Waals surface area contributed by atoms with E-state index in [-0.39, 0.29) is 11.5 Å². The Kier molecular flexibility index (Phi) is 6.81. The molecule has 0 aromatic carbocycles. The number of nitrogen functional groups attached to an aromatic ring is 1. The van der Waals surface area contributed by atoms with Crippen molar-refractivity contribution in [3.8, 4) is 0 Å². The van der Waals surface area contributed by atoms with Gasteiger partial charge in [-0.2, -0.15) is 5.06 Å². The smallest absolute Gasteiger partial charge is 0.225 e. The SMILES string of the molecule is CN1CCC(c2ccccn2)(C2CCN(C(=O)C3CCN(Cc4ccnc(N)c4)CC3)CC2)O1. The Morgan fingerprint density at radius 1 is 1.06 bits per heavy atom. The molecule has 34 heavy (non-hydrogen) atoms. The van der Waals surface area contributed by atoms with Gasteiger partial charge in [-0.1, -0.05) is 6.07 Å². The van der Waals surface area contributed by atoms with E-state index >= 15 is 0 Å². The van der Waals surface area contributed by atoms with Gasteiger partial charge in [0.2, 0.25) is 5.91 Å². The normalized spacial score (nSPS) is 25.6. The summed E-state index contributed by atoms with van der Waals surface area (Å²) in [4.78, 5) is 33.0. The number of aromatic nitrogens is 2. The molecule has 0 spiro atoms. The third-order valence-corrected chi connectivity index (χ3v) is 7.87. The Morgan fingerprint density at radius 3 is 2.50 bits per heavy atom. The summed E-state index contributed by atoms with van der Waals surface area (Å²) in [5.74, 6) is 1.40. The first kappa shape index (κ1) is 23.2. The number of hydrogen-bond acceptors (Lipinski definition) is 7. The van der Waals surface area contributed by atoms with Crippen LogP contribution in [0.3, 0.4) is 0 Å². The third-order valence-electron chi connectivity index (χ3n) is 7.87. The highest BCUT2D eigenvalue weighted by atomic mass is 16.7. The third kappa shape index (κ3) is 4.80. The van der Waals surface area contributed by atoms with E-state index in [0.29, 0.717) is 17.6 Å². The van der Waals surface area contributed by atoms with Crippen LogP contribution in [0.1, 0.15) is 43.4 Å². The lowest BCUT2D eigenvalue weighted by Crippen LogP contribution is -2.48. The van der Waals surface area contributed by atoms with E-state index in [0.717, 1.165) is 77.1 Å². The summed E-state index contributed by atoms with van der Waals surface area (Å²) in [7, 11) is 2.00. The van der Waals surface area contributed by atoms with Crippen molar-refractivity contribution in [3.05, 3.63) is 54.0 Å². The van der Waals surface area contributed by atoms with Gasteiger partial charge in [0, 0.05) is 51.5 Å². The van der Waals surface area contributed by atoms with Crippen molar-refractivity contribution >= 4 is 11.7 Å². The van der Waals surface area contributed by atoms with Crippen LogP contribution in [-0.2, 0) is 21.8 Å². The van der Waals surface area contributed by atoms with E-state index in [1.807, 2.05) is 42.6 Å². The Bertz CT molecular complexity index is 972. The van der Waals surface area contributed by atoms with E-state index in [2.05, 4.69) is 25.8 Å². The summed E-state index contributed by atoms with van der Waals surface area (Å²) < 4.78 is 0. The van der Waals surface area contributed by atoms with Crippen LogP contribution >= 0.6 is 0 Å². The summed E-state index contributed by atoms with van der Waals surface area (Å²) in [5, 5.41) is 1.94. The van der Waals surface area contributed by atoms with Gasteiger partial charge in [-0.25, -0.2) is 4.98 Å². The Labute approximate surface area is 202 Å². The minimum atomic E-state index is -0.368. The van der Waals surface area contributed by atoms with Gasteiger partial charge in [-0.15, -0.1) is 0 Å². The molecule has 0 saturated carbocycles. The van der Waals surface area contributed by atoms with Crippen LogP contribution in [0.5, 0.6) is 0 Å². The molecule has 2 aromatic heterocycles. The summed E-state index contributed by atoms with van der Waals surface area (Å²) >= 11 is 0. The quantitative estimate of drug-likeness (QED) is 0.728. The standard InChI is InChI=1S/C26H36N6O2/c1-30-17-10-26(34-30,23-4-2-3-11-28-23)22-8-15-32(16-9-22)25(33)21-6-13-31(14-7-21)19-20-5-12-29-24(27)18-20/h2-5,11-12,18,21-22H,6-10,13-17,19H2,1H3,(H2,27,29). The second-order valence-corrected chi connectivity index (χ2v) is 10.0. The summed E-state index contributed by atoms with van der Waals surface area (Å²) in [6.45, 7) is 5.27. The average Bonchev–Trinajstić information content (AvgIpc) is 3.27. The molecule has 1 atom stereocenters. The molecular weight excluding hydrogens is 428 g/mol. The number of rotatable bonds is 5. The molecule has 2 aromatic rings. The van der Waals surface area contributed by atoms with Gasteiger partial charge in [0.15, 0.2) is 0 Å². The second kappa shape index (κ2) is 9.98. The lowest BCUT2D eigenvalue weighted by molar-refractivity contribution is -0.213.